The number of benzene rings is 3. The molecule has 11 heteroatoms. The lowest BCUT2D eigenvalue weighted by molar-refractivity contribution is -0.384. The van der Waals surface area contributed by atoms with Crippen LogP contribution >= 0.6 is 24.0 Å². The van der Waals surface area contributed by atoms with Crippen molar-refractivity contribution in [1.82, 2.24) is 14.7 Å². The fourth-order valence-corrected chi connectivity index (χ4v) is 5.44. The molecule has 1 aromatic heterocycles. The number of amides is 1. The van der Waals surface area contributed by atoms with Gasteiger partial charge in [0.2, 0.25) is 6.79 Å². The Morgan fingerprint density at radius 3 is 2.68 bits per heavy atom. The minimum atomic E-state index is -0.446. The summed E-state index contributed by atoms with van der Waals surface area (Å²) < 4.78 is 12.9. The van der Waals surface area contributed by atoms with Gasteiger partial charge in [-0.25, -0.2) is 4.68 Å². The topological polar surface area (TPSA) is 99.7 Å². The van der Waals surface area contributed by atoms with Crippen molar-refractivity contribution in [3.05, 3.63) is 105 Å². The van der Waals surface area contributed by atoms with E-state index in [1.807, 2.05) is 48.5 Å². The van der Waals surface area contributed by atoms with Gasteiger partial charge in [-0.05, 0) is 35.9 Å². The number of aromatic nitrogens is 2. The number of carbonyl (C=O) groups is 1. The number of non-ortho nitro benzene ring substituents is 1. The van der Waals surface area contributed by atoms with Gasteiger partial charge in [-0.1, -0.05) is 60.4 Å². The van der Waals surface area contributed by atoms with Gasteiger partial charge in [0.25, 0.3) is 11.6 Å². The summed E-state index contributed by atoms with van der Waals surface area (Å²) >= 11 is 6.74. The van der Waals surface area contributed by atoms with Crippen molar-refractivity contribution in [1.29, 1.82) is 0 Å². The number of hydrogen-bond donors (Lipinski definition) is 0. The van der Waals surface area contributed by atoms with Crippen LogP contribution in [0.25, 0.3) is 23.0 Å². The van der Waals surface area contributed by atoms with Crippen LogP contribution in [0.15, 0.2) is 83.9 Å². The highest BCUT2D eigenvalue weighted by atomic mass is 32.2. The molecule has 2 aliphatic heterocycles. The average molecular weight is 543 g/mol. The summed E-state index contributed by atoms with van der Waals surface area (Å²) in [4.78, 5) is 26.3. The Hall–Kier alpha value is -4.48. The van der Waals surface area contributed by atoms with E-state index in [1.54, 1.807) is 29.1 Å². The number of nitro groups is 1. The molecule has 3 heterocycles. The normalized spacial score (nSPS) is 15.5. The smallest absolute Gasteiger partial charge is 0.270 e. The molecule has 0 spiro atoms. The number of carbonyl (C=O) groups excluding carboxylic acids is 1. The van der Waals surface area contributed by atoms with Crippen molar-refractivity contribution < 1.29 is 19.2 Å². The SMILES string of the molecule is O=C1/C(=C/c2cn(-c3ccccc3)nc2-c2cccc([N+](=O)[O-])c2)SC(=S)N1Cc1ccc2c(c1)OCO2. The summed E-state index contributed by atoms with van der Waals surface area (Å²) in [5.41, 5.74) is 3.35. The van der Waals surface area contributed by atoms with Crippen molar-refractivity contribution in [3.8, 4) is 28.4 Å². The van der Waals surface area contributed by atoms with Crippen LogP contribution in [-0.2, 0) is 11.3 Å². The van der Waals surface area contributed by atoms with E-state index < -0.39 is 4.92 Å². The van der Waals surface area contributed by atoms with Gasteiger partial charge in [0.1, 0.15) is 10.0 Å². The van der Waals surface area contributed by atoms with Crippen molar-refractivity contribution in [2.45, 2.75) is 6.54 Å². The van der Waals surface area contributed by atoms with E-state index in [4.69, 9.17) is 26.8 Å². The summed E-state index contributed by atoms with van der Waals surface area (Å²) in [5.74, 6) is 1.08. The second-order valence-corrected chi connectivity index (χ2v) is 10.2. The van der Waals surface area contributed by atoms with Gasteiger partial charge in [-0.2, -0.15) is 5.10 Å². The van der Waals surface area contributed by atoms with Gasteiger partial charge in [0.15, 0.2) is 11.5 Å². The maximum atomic E-state index is 13.4. The average Bonchev–Trinajstić information content (AvgIpc) is 3.64. The van der Waals surface area contributed by atoms with E-state index in [1.165, 1.54) is 28.8 Å². The first kappa shape index (κ1) is 23.9. The van der Waals surface area contributed by atoms with E-state index in [9.17, 15) is 14.9 Å². The molecule has 0 bridgehead atoms. The fourth-order valence-electron chi connectivity index (χ4n) is 4.20. The summed E-state index contributed by atoms with van der Waals surface area (Å²) in [5, 5.41) is 16.1. The summed E-state index contributed by atoms with van der Waals surface area (Å²) in [6.07, 6.45) is 3.54. The van der Waals surface area contributed by atoms with E-state index in [0.717, 1.165) is 11.3 Å². The lowest BCUT2D eigenvalue weighted by Crippen LogP contribution is -2.27. The number of thiocarbonyl (C=S) groups is 1. The van der Waals surface area contributed by atoms with Crippen LogP contribution in [0.1, 0.15) is 11.1 Å². The Bertz CT molecular complexity index is 1630. The molecular formula is C27H18N4O5S2. The van der Waals surface area contributed by atoms with E-state index in [2.05, 4.69) is 0 Å². The molecule has 6 rings (SSSR count). The predicted molar refractivity (Wildman–Crippen MR) is 147 cm³/mol. The lowest BCUT2D eigenvalue weighted by atomic mass is 10.1. The van der Waals surface area contributed by atoms with Crippen LogP contribution in [0, 0.1) is 10.1 Å². The molecule has 2 aliphatic rings. The first-order valence-corrected chi connectivity index (χ1v) is 12.7. The van der Waals surface area contributed by atoms with Crippen LogP contribution in [0.3, 0.4) is 0 Å². The number of nitrogens with zero attached hydrogens (tertiary/aromatic N) is 4. The molecule has 4 aromatic rings. The van der Waals surface area contributed by atoms with E-state index >= 15 is 0 Å². The van der Waals surface area contributed by atoms with Crippen molar-refractivity contribution in [2.24, 2.45) is 0 Å². The maximum absolute atomic E-state index is 13.4. The minimum absolute atomic E-state index is 0.0437. The predicted octanol–water partition coefficient (Wildman–Crippen LogP) is 5.58. The number of nitro benzene ring substituents is 1. The van der Waals surface area contributed by atoms with Crippen LogP contribution in [0.5, 0.6) is 11.5 Å². The zero-order chi connectivity index (χ0) is 26.2. The summed E-state index contributed by atoms with van der Waals surface area (Å²) in [7, 11) is 0. The first-order valence-electron chi connectivity index (χ1n) is 11.5. The lowest BCUT2D eigenvalue weighted by Gasteiger charge is -2.14. The summed E-state index contributed by atoms with van der Waals surface area (Å²) in [6, 6.07) is 21.3. The first-order chi connectivity index (χ1) is 18.5. The Morgan fingerprint density at radius 1 is 1.05 bits per heavy atom. The zero-order valence-corrected chi connectivity index (χ0v) is 21.3. The number of fused-ring (bicyclic) bond motifs is 1. The molecule has 188 valence electrons. The number of rotatable bonds is 6. The fraction of sp³-hybridized carbons (Fsp3) is 0.0741. The third-order valence-corrected chi connectivity index (χ3v) is 7.41. The second-order valence-electron chi connectivity index (χ2n) is 8.48. The minimum Gasteiger partial charge on any atom is -0.454 e. The second kappa shape index (κ2) is 9.77. The van der Waals surface area contributed by atoms with Crippen LogP contribution in [0.4, 0.5) is 5.69 Å². The molecule has 0 saturated carbocycles. The van der Waals surface area contributed by atoms with Gasteiger partial charge in [-0.3, -0.25) is 19.8 Å². The third-order valence-electron chi connectivity index (χ3n) is 6.03. The summed E-state index contributed by atoms with van der Waals surface area (Å²) in [6.45, 7) is 0.464. The van der Waals surface area contributed by atoms with Crippen molar-refractivity contribution in [2.75, 3.05) is 6.79 Å². The molecule has 0 radical (unpaired) electrons. The highest BCUT2D eigenvalue weighted by Gasteiger charge is 2.33. The van der Waals surface area contributed by atoms with Crippen LogP contribution in [0.2, 0.25) is 0 Å². The quantitative estimate of drug-likeness (QED) is 0.135. The van der Waals surface area contributed by atoms with Gasteiger partial charge in [-0.15, -0.1) is 0 Å². The monoisotopic (exact) mass is 542 g/mol. The van der Waals surface area contributed by atoms with E-state index in [-0.39, 0.29) is 18.4 Å². The van der Waals surface area contributed by atoms with Gasteiger partial charge < -0.3 is 9.47 Å². The third kappa shape index (κ3) is 4.53. The molecule has 1 saturated heterocycles. The van der Waals surface area contributed by atoms with Crippen molar-refractivity contribution >= 4 is 46.0 Å². The molecule has 38 heavy (non-hydrogen) atoms. The highest BCUT2D eigenvalue weighted by Crippen LogP contribution is 2.38. The Morgan fingerprint density at radius 2 is 1.87 bits per heavy atom. The molecule has 0 atom stereocenters. The number of hydrogen-bond acceptors (Lipinski definition) is 8. The number of para-hydroxylation sites is 1. The molecule has 9 nitrogen and oxygen atoms in total. The van der Waals surface area contributed by atoms with Gasteiger partial charge >= 0.3 is 0 Å². The number of thioether (sulfide) groups is 1. The maximum Gasteiger partial charge on any atom is 0.270 e. The molecule has 0 unspecified atom stereocenters. The Balaban J connectivity index is 1.35. The van der Waals surface area contributed by atoms with Crippen LogP contribution < -0.4 is 9.47 Å². The molecule has 0 N–H and O–H groups in total. The molecular weight excluding hydrogens is 524 g/mol. The molecule has 3 aromatic carbocycles. The Kier molecular flexibility index (Phi) is 6.14. The van der Waals surface area contributed by atoms with Gasteiger partial charge in [0, 0.05) is 29.5 Å². The van der Waals surface area contributed by atoms with Crippen molar-refractivity contribution in [3.63, 3.8) is 0 Å². The highest BCUT2D eigenvalue weighted by molar-refractivity contribution is 8.26. The van der Waals surface area contributed by atoms with Crippen LogP contribution in [-0.4, -0.2) is 36.6 Å². The molecule has 1 fully saturated rings. The zero-order valence-electron chi connectivity index (χ0n) is 19.6. The largest absolute Gasteiger partial charge is 0.454 e. The standard InChI is InChI=1S/C27H18N4O5S2/c32-26-24(38-27(37)29(26)14-17-9-10-22-23(11-17)36-16-35-22)13-19-15-30(20-6-2-1-3-7-20)28-25(19)18-5-4-8-21(12-18)31(33)34/h1-13,15H,14,16H2/b24-13-. The van der Waals surface area contributed by atoms with E-state index in [0.29, 0.717) is 44.1 Å². The number of ether oxygens (including phenoxy) is 2. The Labute approximate surface area is 226 Å². The molecule has 1 amide bonds. The molecule has 0 aliphatic carbocycles. The van der Waals surface area contributed by atoms with Gasteiger partial charge in [0.05, 0.1) is 22.1 Å².